The van der Waals surface area contributed by atoms with Gasteiger partial charge < -0.3 is 0 Å². The summed E-state index contributed by atoms with van der Waals surface area (Å²) in [5, 5.41) is 8.88. The lowest BCUT2D eigenvalue weighted by molar-refractivity contribution is 0.599. The third-order valence-electron chi connectivity index (χ3n) is 2.83. The molecule has 0 spiro atoms. The highest BCUT2D eigenvalue weighted by Gasteiger charge is 2.57. The molecule has 3 nitrogen and oxygen atoms in total. The van der Waals surface area contributed by atoms with E-state index >= 15 is 0 Å². The minimum atomic E-state index is -3.17. The second-order valence-electron chi connectivity index (χ2n) is 4.03. The molecule has 2 rings (SSSR count). The average molecular weight is 256 g/mol. The van der Waals surface area contributed by atoms with Crippen LogP contribution < -0.4 is 0 Å². The van der Waals surface area contributed by atoms with Crippen LogP contribution in [0.2, 0.25) is 5.02 Å². The topological polar surface area (TPSA) is 57.9 Å². The van der Waals surface area contributed by atoms with E-state index in [0.717, 1.165) is 5.56 Å². The van der Waals surface area contributed by atoms with E-state index in [-0.39, 0.29) is 5.92 Å². The molecule has 3 atom stereocenters. The van der Waals surface area contributed by atoms with Gasteiger partial charge in [-0.1, -0.05) is 23.7 Å². The number of halogens is 1. The van der Waals surface area contributed by atoms with Crippen LogP contribution >= 0.6 is 11.6 Å². The minimum Gasteiger partial charge on any atom is -0.229 e. The van der Waals surface area contributed by atoms with E-state index < -0.39 is 21.0 Å². The molecule has 0 saturated heterocycles. The Bertz CT molecular complexity index is 562. The predicted molar refractivity (Wildman–Crippen MR) is 61.9 cm³/mol. The van der Waals surface area contributed by atoms with Crippen molar-refractivity contribution >= 4 is 21.4 Å². The molecule has 1 saturated carbocycles. The molecule has 16 heavy (non-hydrogen) atoms. The van der Waals surface area contributed by atoms with Crippen molar-refractivity contribution in [2.24, 2.45) is 5.92 Å². The van der Waals surface area contributed by atoms with Crippen LogP contribution in [0.4, 0.5) is 0 Å². The summed E-state index contributed by atoms with van der Waals surface area (Å²) in [5.74, 6) is -0.660. The fourth-order valence-corrected chi connectivity index (χ4v) is 3.81. The maximum absolute atomic E-state index is 11.4. The number of hydrogen-bond donors (Lipinski definition) is 0. The highest BCUT2D eigenvalue weighted by atomic mass is 35.5. The van der Waals surface area contributed by atoms with Gasteiger partial charge in [-0.2, -0.15) is 5.26 Å². The van der Waals surface area contributed by atoms with Crippen molar-refractivity contribution in [1.82, 2.24) is 0 Å². The number of hydrogen-bond acceptors (Lipinski definition) is 3. The lowest BCUT2D eigenvalue weighted by Gasteiger charge is -1.99. The summed E-state index contributed by atoms with van der Waals surface area (Å²) in [6, 6.07) is 9.07. The SMILES string of the molecule is CS(=O)(=O)[C@H]1[C@@H](C#N)[C@@H]1c1cccc(Cl)c1. The third-order valence-corrected chi connectivity index (χ3v) is 4.64. The molecule has 1 fully saturated rings. The number of benzene rings is 1. The Morgan fingerprint density at radius 3 is 2.56 bits per heavy atom. The molecule has 0 aliphatic heterocycles. The van der Waals surface area contributed by atoms with Crippen molar-refractivity contribution in [2.75, 3.05) is 6.26 Å². The summed E-state index contributed by atoms with van der Waals surface area (Å²) >= 11 is 5.84. The molecule has 1 aromatic carbocycles. The van der Waals surface area contributed by atoms with Crippen LogP contribution in [0.1, 0.15) is 11.5 Å². The van der Waals surface area contributed by atoms with Gasteiger partial charge in [0.15, 0.2) is 9.84 Å². The molecule has 5 heteroatoms. The van der Waals surface area contributed by atoms with E-state index in [2.05, 4.69) is 0 Å². The minimum absolute atomic E-state index is 0.223. The molecular weight excluding hydrogens is 246 g/mol. The Hall–Kier alpha value is -1.05. The summed E-state index contributed by atoms with van der Waals surface area (Å²) < 4.78 is 22.9. The lowest BCUT2D eigenvalue weighted by Crippen LogP contribution is -2.06. The van der Waals surface area contributed by atoms with E-state index in [1.54, 1.807) is 18.2 Å². The molecule has 84 valence electrons. The molecule has 0 heterocycles. The van der Waals surface area contributed by atoms with Gasteiger partial charge in [0, 0.05) is 17.2 Å². The van der Waals surface area contributed by atoms with Crippen molar-refractivity contribution in [3.05, 3.63) is 34.9 Å². The number of rotatable bonds is 2. The fourth-order valence-electron chi connectivity index (χ4n) is 2.08. The Labute approximate surface area is 99.6 Å². The van der Waals surface area contributed by atoms with Gasteiger partial charge in [-0.15, -0.1) is 0 Å². The second-order valence-corrected chi connectivity index (χ2v) is 6.67. The predicted octanol–water partition coefficient (Wildman–Crippen LogP) is 1.99. The van der Waals surface area contributed by atoms with Crippen LogP contribution in [-0.4, -0.2) is 19.9 Å². The summed E-state index contributed by atoms with van der Waals surface area (Å²) in [6.45, 7) is 0. The standard InChI is InChI=1S/C11H10ClNO2S/c1-16(14,15)11-9(6-13)10(11)7-3-2-4-8(12)5-7/h2-5,9-11H,1H3/t9-,10-,11-/m0/s1. The van der Waals surface area contributed by atoms with Crippen LogP contribution in [0.15, 0.2) is 24.3 Å². The normalized spacial score (nSPS) is 28.4. The van der Waals surface area contributed by atoms with Crippen molar-refractivity contribution < 1.29 is 8.42 Å². The third kappa shape index (κ3) is 1.93. The zero-order valence-electron chi connectivity index (χ0n) is 8.59. The Morgan fingerprint density at radius 2 is 2.12 bits per heavy atom. The molecule has 0 radical (unpaired) electrons. The van der Waals surface area contributed by atoms with Gasteiger partial charge >= 0.3 is 0 Å². The largest absolute Gasteiger partial charge is 0.229 e. The van der Waals surface area contributed by atoms with Crippen LogP contribution in [0.25, 0.3) is 0 Å². The first-order chi connectivity index (χ1) is 7.45. The zero-order valence-corrected chi connectivity index (χ0v) is 10.2. The van der Waals surface area contributed by atoms with E-state index in [4.69, 9.17) is 16.9 Å². The van der Waals surface area contributed by atoms with Crippen molar-refractivity contribution in [1.29, 1.82) is 5.26 Å². The quantitative estimate of drug-likeness (QED) is 0.812. The number of sulfone groups is 1. The van der Waals surface area contributed by atoms with Crippen molar-refractivity contribution in [2.45, 2.75) is 11.2 Å². The molecule has 1 aliphatic carbocycles. The molecule has 0 bridgehead atoms. The van der Waals surface area contributed by atoms with Gasteiger partial charge in [-0.05, 0) is 17.7 Å². The summed E-state index contributed by atoms with van der Waals surface area (Å²) in [7, 11) is -3.17. The molecule has 0 N–H and O–H groups in total. The van der Waals surface area contributed by atoms with Gasteiger partial charge in [0.05, 0.1) is 17.2 Å². The molecule has 0 unspecified atom stereocenters. The first kappa shape index (κ1) is 11.4. The zero-order chi connectivity index (χ0) is 11.9. The Kier molecular flexibility index (Phi) is 2.69. The first-order valence-electron chi connectivity index (χ1n) is 4.79. The molecule has 0 aromatic heterocycles. The van der Waals surface area contributed by atoms with Crippen molar-refractivity contribution in [3.63, 3.8) is 0 Å². The first-order valence-corrected chi connectivity index (χ1v) is 7.12. The maximum Gasteiger partial charge on any atom is 0.152 e. The average Bonchev–Trinajstić information content (AvgIpc) is 2.91. The highest BCUT2D eigenvalue weighted by Crippen LogP contribution is 2.51. The Morgan fingerprint density at radius 1 is 1.44 bits per heavy atom. The smallest absolute Gasteiger partial charge is 0.152 e. The second kappa shape index (κ2) is 3.76. The number of nitriles is 1. The molecule has 0 amide bonds. The summed E-state index contributed by atoms with van der Waals surface area (Å²) in [6.07, 6.45) is 1.17. The monoisotopic (exact) mass is 255 g/mol. The Balaban J connectivity index is 2.35. The highest BCUT2D eigenvalue weighted by molar-refractivity contribution is 7.91. The van der Waals surface area contributed by atoms with Gasteiger partial charge in [0.1, 0.15) is 0 Å². The van der Waals surface area contributed by atoms with Gasteiger partial charge in [0.25, 0.3) is 0 Å². The van der Waals surface area contributed by atoms with E-state index in [1.165, 1.54) is 6.26 Å². The number of nitrogens with zero attached hydrogens (tertiary/aromatic N) is 1. The summed E-state index contributed by atoms with van der Waals surface area (Å²) in [4.78, 5) is 0. The summed E-state index contributed by atoms with van der Waals surface area (Å²) in [5.41, 5.74) is 0.828. The van der Waals surface area contributed by atoms with Crippen LogP contribution in [0, 0.1) is 17.2 Å². The molecular formula is C11H10ClNO2S. The van der Waals surface area contributed by atoms with Crippen LogP contribution in [0.5, 0.6) is 0 Å². The van der Waals surface area contributed by atoms with E-state index in [0.29, 0.717) is 5.02 Å². The van der Waals surface area contributed by atoms with E-state index in [9.17, 15) is 8.42 Å². The lowest BCUT2D eigenvalue weighted by atomic mass is 10.1. The van der Waals surface area contributed by atoms with Gasteiger partial charge in [0.2, 0.25) is 0 Å². The fraction of sp³-hybridized carbons (Fsp3) is 0.364. The molecule has 1 aliphatic rings. The maximum atomic E-state index is 11.4. The van der Waals surface area contributed by atoms with Crippen LogP contribution in [-0.2, 0) is 9.84 Å². The van der Waals surface area contributed by atoms with Gasteiger partial charge in [-0.25, -0.2) is 8.42 Å². The van der Waals surface area contributed by atoms with Gasteiger partial charge in [-0.3, -0.25) is 0 Å². The molecule has 1 aromatic rings. The van der Waals surface area contributed by atoms with Crippen LogP contribution in [0.3, 0.4) is 0 Å². The van der Waals surface area contributed by atoms with E-state index in [1.807, 2.05) is 12.1 Å². The van der Waals surface area contributed by atoms with Crippen molar-refractivity contribution in [3.8, 4) is 6.07 Å².